The Labute approximate surface area is 250 Å². The highest BCUT2D eigenvalue weighted by molar-refractivity contribution is 6.00. The summed E-state index contributed by atoms with van der Waals surface area (Å²) in [7, 11) is 3.16. The Morgan fingerprint density at radius 2 is 1.51 bits per heavy atom. The number of carbonyl (C=O) groups is 2. The Morgan fingerprint density at radius 3 is 2.21 bits per heavy atom. The first kappa shape index (κ1) is 29.2. The lowest BCUT2D eigenvalue weighted by molar-refractivity contribution is -0.126. The predicted molar refractivity (Wildman–Crippen MR) is 169 cm³/mol. The van der Waals surface area contributed by atoms with Crippen LogP contribution in [0.25, 0.3) is 10.9 Å². The maximum absolute atomic E-state index is 12.8. The number of nitrogens with zero attached hydrogens (tertiary/aromatic N) is 2. The van der Waals surface area contributed by atoms with Crippen molar-refractivity contribution in [1.82, 2.24) is 9.88 Å². The van der Waals surface area contributed by atoms with E-state index in [1.165, 1.54) is 6.08 Å². The molecule has 3 N–H and O–H groups in total. The number of amides is 3. The van der Waals surface area contributed by atoms with E-state index >= 15 is 0 Å². The molecule has 0 unspecified atom stereocenters. The van der Waals surface area contributed by atoms with E-state index in [0.29, 0.717) is 53.0 Å². The van der Waals surface area contributed by atoms with Gasteiger partial charge in [-0.3, -0.25) is 9.78 Å². The van der Waals surface area contributed by atoms with Gasteiger partial charge in [0.25, 0.3) is 0 Å². The van der Waals surface area contributed by atoms with Crippen molar-refractivity contribution in [3.05, 3.63) is 85.1 Å². The first-order valence-electron chi connectivity index (χ1n) is 14.0. The van der Waals surface area contributed by atoms with Crippen molar-refractivity contribution in [2.24, 2.45) is 0 Å². The zero-order valence-electron chi connectivity index (χ0n) is 24.5. The number of nitrogens with one attached hydrogen (secondary N) is 3. The molecule has 222 valence electrons. The molecule has 1 fully saturated rings. The van der Waals surface area contributed by atoms with E-state index < -0.39 is 0 Å². The van der Waals surface area contributed by atoms with E-state index in [0.717, 1.165) is 29.5 Å². The highest BCUT2D eigenvalue weighted by atomic mass is 16.5. The summed E-state index contributed by atoms with van der Waals surface area (Å²) in [4.78, 5) is 30.8. The number of urea groups is 1. The van der Waals surface area contributed by atoms with Gasteiger partial charge >= 0.3 is 6.03 Å². The maximum atomic E-state index is 12.8. The van der Waals surface area contributed by atoms with Crippen LogP contribution in [0.4, 0.5) is 21.9 Å². The van der Waals surface area contributed by atoms with Crippen molar-refractivity contribution >= 4 is 39.9 Å². The van der Waals surface area contributed by atoms with Crippen LogP contribution in [0.3, 0.4) is 0 Å². The Morgan fingerprint density at radius 1 is 0.860 bits per heavy atom. The molecule has 10 nitrogen and oxygen atoms in total. The Hall–Kier alpha value is -5.25. The lowest BCUT2D eigenvalue weighted by Crippen LogP contribution is -2.41. The number of carbonyl (C=O) groups excluding carboxylic acids is 2. The summed E-state index contributed by atoms with van der Waals surface area (Å²) in [6.07, 6.45) is 4.76. The van der Waals surface area contributed by atoms with Crippen molar-refractivity contribution in [2.75, 3.05) is 43.3 Å². The van der Waals surface area contributed by atoms with Crippen LogP contribution < -0.4 is 30.2 Å². The van der Waals surface area contributed by atoms with Crippen LogP contribution in [-0.4, -0.2) is 55.2 Å². The zero-order valence-corrected chi connectivity index (χ0v) is 24.5. The lowest BCUT2D eigenvalue weighted by atomic mass is 10.0. The van der Waals surface area contributed by atoms with Crippen LogP contribution in [0.1, 0.15) is 18.4 Å². The quantitative estimate of drug-likeness (QED) is 0.191. The number of piperidine rings is 1. The van der Waals surface area contributed by atoms with Gasteiger partial charge in [-0.15, -0.1) is 0 Å². The summed E-state index contributed by atoms with van der Waals surface area (Å²) in [5.41, 5.74) is 3.80. The molecule has 0 bridgehead atoms. The zero-order chi connectivity index (χ0) is 30.3. The molecular formula is C33H35N5O5. The van der Waals surface area contributed by atoms with E-state index in [1.54, 1.807) is 38.6 Å². The number of aryl methyl sites for hydroxylation is 1. The van der Waals surface area contributed by atoms with Crippen molar-refractivity contribution in [3.8, 4) is 23.0 Å². The number of aromatic nitrogens is 1. The fourth-order valence-electron chi connectivity index (χ4n) is 4.99. The number of hydrogen-bond acceptors (Lipinski definition) is 7. The second kappa shape index (κ2) is 13.2. The minimum Gasteiger partial charge on any atom is -0.493 e. The molecular weight excluding hydrogens is 546 g/mol. The standard InChI is InChI=1S/C33H35N5O5/c1-5-32(39)38-16-13-24(14-17-38)35-22-8-10-23(11-9-22)36-33(40)37-25-7-6-21(2)29(18-25)43-28-12-15-34-27-20-31(42-4)30(41-3)19-26(27)28/h5-12,15,18-20,24,35H,1,13-14,16-17H2,2-4H3,(H2,36,37,40). The van der Waals surface area contributed by atoms with Gasteiger partial charge in [0.1, 0.15) is 11.5 Å². The van der Waals surface area contributed by atoms with Crippen molar-refractivity contribution in [2.45, 2.75) is 25.8 Å². The number of methoxy groups -OCH3 is 2. The number of anilines is 3. The van der Waals surface area contributed by atoms with Crippen LogP contribution in [0, 0.1) is 6.92 Å². The van der Waals surface area contributed by atoms with Gasteiger partial charge in [-0.2, -0.15) is 0 Å². The monoisotopic (exact) mass is 581 g/mol. The predicted octanol–water partition coefficient (Wildman–Crippen LogP) is 6.59. The number of benzene rings is 3. The van der Waals surface area contributed by atoms with Gasteiger partial charge < -0.3 is 35.1 Å². The van der Waals surface area contributed by atoms with Gasteiger partial charge in [0, 0.05) is 59.9 Å². The molecule has 43 heavy (non-hydrogen) atoms. The average Bonchev–Trinajstić information content (AvgIpc) is 3.03. The molecule has 0 saturated carbocycles. The van der Waals surface area contributed by atoms with Crippen LogP contribution in [0.2, 0.25) is 0 Å². The second-order valence-electron chi connectivity index (χ2n) is 10.2. The number of fused-ring (bicyclic) bond motifs is 1. The Balaban J connectivity index is 1.20. The Kier molecular flexibility index (Phi) is 8.95. The van der Waals surface area contributed by atoms with Crippen LogP contribution in [0.5, 0.6) is 23.0 Å². The number of rotatable bonds is 9. The summed E-state index contributed by atoms with van der Waals surface area (Å²) < 4.78 is 17.2. The molecule has 4 aromatic rings. The van der Waals surface area contributed by atoms with Crippen molar-refractivity contribution in [1.29, 1.82) is 0 Å². The minimum absolute atomic E-state index is 0.0219. The summed E-state index contributed by atoms with van der Waals surface area (Å²) in [5, 5.41) is 10.0. The van der Waals surface area contributed by atoms with Crippen molar-refractivity contribution in [3.63, 3.8) is 0 Å². The Bertz CT molecular complexity index is 1630. The van der Waals surface area contributed by atoms with Gasteiger partial charge in [0.05, 0.1) is 19.7 Å². The van der Waals surface area contributed by atoms with Gasteiger partial charge in [-0.25, -0.2) is 4.79 Å². The fourth-order valence-corrected chi connectivity index (χ4v) is 4.99. The molecule has 0 radical (unpaired) electrons. The number of pyridine rings is 1. The molecule has 10 heteroatoms. The van der Waals surface area contributed by atoms with E-state index in [2.05, 4.69) is 27.5 Å². The summed E-state index contributed by atoms with van der Waals surface area (Å²) in [6, 6.07) is 18.4. The summed E-state index contributed by atoms with van der Waals surface area (Å²) in [5.74, 6) is 2.32. The van der Waals surface area contributed by atoms with Gasteiger partial charge in [0.15, 0.2) is 11.5 Å². The molecule has 1 aliphatic heterocycles. The summed E-state index contributed by atoms with van der Waals surface area (Å²) >= 11 is 0. The molecule has 0 atom stereocenters. The third-order valence-electron chi connectivity index (χ3n) is 7.37. The molecule has 5 rings (SSSR count). The van der Waals surface area contributed by atoms with Gasteiger partial charge in [-0.1, -0.05) is 12.6 Å². The number of likely N-dealkylation sites (tertiary alicyclic amines) is 1. The number of ether oxygens (including phenoxy) is 3. The highest BCUT2D eigenvalue weighted by Crippen LogP contribution is 2.38. The molecule has 1 aliphatic rings. The van der Waals surface area contributed by atoms with E-state index in [1.807, 2.05) is 54.3 Å². The third-order valence-corrected chi connectivity index (χ3v) is 7.37. The van der Waals surface area contributed by atoms with E-state index in [-0.39, 0.29) is 18.0 Å². The van der Waals surface area contributed by atoms with Crippen LogP contribution >= 0.6 is 0 Å². The molecule has 3 amide bonds. The average molecular weight is 582 g/mol. The first-order valence-corrected chi connectivity index (χ1v) is 14.0. The number of hydrogen-bond donors (Lipinski definition) is 3. The molecule has 1 saturated heterocycles. The van der Waals surface area contributed by atoms with Gasteiger partial charge in [0.2, 0.25) is 5.91 Å². The minimum atomic E-state index is -0.374. The smallest absolute Gasteiger partial charge is 0.323 e. The third kappa shape index (κ3) is 6.98. The topological polar surface area (TPSA) is 114 Å². The highest BCUT2D eigenvalue weighted by Gasteiger charge is 2.21. The lowest BCUT2D eigenvalue weighted by Gasteiger charge is -2.32. The summed E-state index contributed by atoms with van der Waals surface area (Å²) in [6.45, 7) is 6.91. The molecule has 2 heterocycles. The second-order valence-corrected chi connectivity index (χ2v) is 10.2. The molecule has 3 aromatic carbocycles. The van der Waals surface area contributed by atoms with Gasteiger partial charge in [-0.05, 0) is 73.9 Å². The molecule has 1 aromatic heterocycles. The van der Waals surface area contributed by atoms with Crippen LogP contribution in [0.15, 0.2) is 79.5 Å². The normalized spacial score (nSPS) is 13.2. The first-order chi connectivity index (χ1) is 20.9. The van der Waals surface area contributed by atoms with E-state index in [9.17, 15) is 9.59 Å². The molecule has 0 aliphatic carbocycles. The van der Waals surface area contributed by atoms with Crippen molar-refractivity contribution < 1.29 is 23.8 Å². The van der Waals surface area contributed by atoms with Crippen LogP contribution in [-0.2, 0) is 4.79 Å². The SMILES string of the molecule is C=CC(=O)N1CCC(Nc2ccc(NC(=O)Nc3ccc(C)c(Oc4ccnc5cc(OC)c(OC)cc45)c3)cc2)CC1. The largest absolute Gasteiger partial charge is 0.493 e. The molecule has 0 spiro atoms. The maximum Gasteiger partial charge on any atom is 0.323 e. The fraction of sp³-hybridized carbons (Fsp3) is 0.242. The van der Waals surface area contributed by atoms with E-state index in [4.69, 9.17) is 14.2 Å².